The minimum absolute atomic E-state index is 0. The van der Waals surface area contributed by atoms with Crippen molar-refractivity contribution in [3.05, 3.63) is 29.3 Å². The molecule has 3 nitrogen and oxygen atoms in total. The van der Waals surface area contributed by atoms with Crippen molar-refractivity contribution in [3.63, 3.8) is 0 Å². The van der Waals surface area contributed by atoms with Crippen molar-refractivity contribution in [2.75, 3.05) is 6.61 Å². The molecular weight excluding hydrogens is 297 g/mol. The molecule has 0 amide bonds. The number of nitrogens with two attached hydrogens (primary N) is 1. The number of hydrogen-bond acceptors (Lipinski definition) is 3. The van der Waals surface area contributed by atoms with Gasteiger partial charge in [0.15, 0.2) is 0 Å². The molecular formula is C10H11ClF5NO2. The molecule has 0 radical (unpaired) electrons. The summed E-state index contributed by atoms with van der Waals surface area (Å²) in [6, 6.07) is -0.720. The Morgan fingerprint density at radius 2 is 1.68 bits per heavy atom. The molecule has 0 aliphatic carbocycles. The number of aromatic hydroxyl groups is 1. The van der Waals surface area contributed by atoms with Crippen molar-refractivity contribution in [2.24, 2.45) is 5.73 Å². The monoisotopic (exact) mass is 307 g/mol. The van der Waals surface area contributed by atoms with Gasteiger partial charge in [-0.2, -0.15) is 13.2 Å². The SMILES string of the molecule is Cl.N[C@H](c1cc(C(F)(F)F)ccc1O)C(F)(F)CO. The first-order chi connectivity index (χ1) is 8.09. The standard InChI is InChI=1S/C10H10F5NO2.ClH/c11-9(12,4-17)8(16)6-3-5(10(13,14)15)1-2-7(6)18;/h1-3,8,17-18H,4,16H2;1H/t8-;/m1./s1. The second kappa shape index (κ2) is 5.89. The van der Waals surface area contributed by atoms with Crippen LogP contribution in [-0.2, 0) is 6.18 Å². The normalized spacial score (nSPS) is 13.8. The van der Waals surface area contributed by atoms with Crippen LogP contribution in [0.1, 0.15) is 17.2 Å². The Bertz CT molecular complexity index is 438. The quantitative estimate of drug-likeness (QED) is 0.752. The third-order valence-electron chi connectivity index (χ3n) is 2.36. The minimum Gasteiger partial charge on any atom is -0.508 e. The molecule has 1 aromatic rings. The van der Waals surface area contributed by atoms with Crippen molar-refractivity contribution >= 4 is 12.4 Å². The van der Waals surface area contributed by atoms with Crippen molar-refractivity contribution in [1.29, 1.82) is 0 Å². The van der Waals surface area contributed by atoms with Crippen LogP contribution in [0.25, 0.3) is 0 Å². The third kappa shape index (κ3) is 3.92. The number of aliphatic hydroxyl groups is 1. The van der Waals surface area contributed by atoms with Crippen LogP contribution in [0.2, 0.25) is 0 Å². The van der Waals surface area contributed by atoms with Gasteiger partial charge in [0.05, 0.1) is 5.56 Å². The summed E-state index contributed by atoms with van der Waals surface area (Å²) in [7, 11) is 0. The molecule has 1 aromatic carbocycles. The number of alkyl halides is 5. The maximum Gasteiger partial charge on any atom is 0.416 e. The number of phenols is 1. The molecule has 0 heterocycles. The van der Waals surface area contributed by atoms with Crippen LogP contribution in [0.5, 0.6) is 5.75 Å². The van der Waals surface area contributed by atoms with E-state index in [1.807, 2.05) is 0 Å². The maximum atomic E-state index is 13.1. The van der Waals surface area contributed by atoms with Gasteiger partial charge in [0.1, 0.15) is 18.4 Å². The van der Waals surface area contributed by atoms with Gasteiger partial charge in [0.25, 0.3) is 5.92 Å². The molecule has 0 bridgehead atoms. The number of phenolic OH excluding ortho intramolecular Hbond substituents is 1. The Labute approximate surface area is 111 Å². The number of aliphatic hydroxyl groups excluding tert-OH is 1. The van der Waals surface area contributed by atoms with Gasteiger partial charge >= 0.3 is 6.18 Å². The topological polar surface area (TPSA) is 66.5 Å². The lowest BCUT2D eigenvalue weighted by Gasteiger charge is -2.23. The molecule has 0 saturated heterocycles. The highest BCUT2D eigenvalue weighted by Gasteiger charge is 2.40. The number of benzene rings is 1. The van der Waals surface area contributed by atoms with Gasteiger partial charge in [-0.1, -0.05) is 0 Å². The zero-order valence-electron chi connectivity index (χ0n) is 9.29. The predicted molar refractivity (Wildman–Crippen MR) is 59.3 cm³/mol. The highest BCUT2D eigenvalue weighted by Crippen LogP contribution is 2.38. The van der Waals surface area contributed by atoms with Gasteiger partial charge < -0.3 is 15.9 Å². The second-order valence-electron chi connectivity index (χ2n) is 3.67. The fourth-order valence-corrected chi connectivity index (χ4v) is 1.31. The number of hydrogen-bond donors (Lipinski definition) is 3. The van der Waals surface area contributed by atoms with Gasteiger partial charge in [-0.25, -0.2) is 8.78 Å². The number of halogens is 6. The molecule has 19 heavy (non-hydrogen) atoms. The van der Waals surface area contributed by atoms with Crippen molar-refractivity contribution in [3.8, 4) is 5.75 Å². The van der Waals surface area contributed by atoms with E-state index >= 15 is 0 Å². The summed E-state index contributed by atoms with van der Waals surface area (Å²) in [5.74, 6) is -4.62. The van der Waals surface area contributed by atoms with Crippen LogP contribution in [0.3, 0.4) is 0 Å². The third-order valence-corrected chi connectivity index (χ3v) is 2.36. The van der Waals surface area contributed by atoms with E-state index in [9.17, 15) is 27.1 Å². The van der Waals surface area contributed by atoms with E-state index in [0.717, 1.165) is 0 Å². The van der Waals surface area contributed by atoms with Crippen LogP contribution in [-0.4, -0.2) is 22.7 Å². The summed E-state index contributed by atoms with van der Waals surface area (Å²) in [5.41, 5.74) is 3.08. The van der Waals surface area contributed by atoms with E-state index in [4.69, 9.17) is 10.8 Å². The summed E-state index contributed by atoms with van der Waals surface area (Å²) in [6.45, 7) is -1.64. The zero-order chi connectivity index (χ0) is 14.1. The molecule has 9 heteroatoms. The summed E-state index contributed by atoms with van der Waals surface area (Å²) in [5, 5.41) is 17.7. The fraction of sp³-hybridized carbons (Fsp3) is 0.400. The van der Waals surface area contributed by atoms with Crippen molar-refractivity contribution in [2.45, 2.75) is 18.1 Å². The van der Waals surface area contributed by atoms with Gasteiger partial charge in [0, 0.05) is 5.56 Å². The van der Waals surface area contributed by atoms with Gasteiger partial charge in [-0.15, -0.1) is 12.4 Å². The zero-order valence-corrected chi connectivity index (χ0v) is 10.1. The maximum absolute atomic E-state index is 13.1. The molecule has 0 aromatic heterocycles. The molecule has 1 atom stereocenters. The van der Waals surface area contributed by atoms with Crippen LogP contribution in [0.15, 0.2) is 18.2 Å². The fourth-order valence-electron chi connectivity index (χ4n) is 1.31. The highest BCUT2D eigenvalue weighted by atomic mass is 35.5. The van der Waals surface area contributed by atoms with Gasteiger partial charge in [-0.05, 0) is 18.2 Å². The van der Waals surface area contributed by atoms with E-state index in [0.29, 0.717) is 18.2 Å². The van der Waals surface area contributed by atoms with E-state index in [1.165, 1.54) is 0 Å². The highest BCUT2D eigenvalue weighted by molar-refractivity contribution is 5.85. The molecule has 0 saturated carbocycles. The molecule has 110 valence electrons. The largest absolute Gasteiger partial charge is 0.508 e. The molecule has 4 N–H and O–H groups in total. The van der Waals surface area contributed by atoms with E-state index < -0.39 is 41.6 Å². The average molecular weight is 308 g/mol. The van der Waals surface area contributed by atoms with Crippen LogP contribution >= 0.6 is 12.4 Å². The Kier molecular flexibility index (Phi) is 5.54. The second-order valence-corrected chi connectivity index (χ2v) is 3.67. The Hall–Kier alpha value is -1.12. The number of rotatable bonds is 3. The molecule has 1 rings (SSSR count). The van der Waals surface area contributed by atoms with E-state index in [2.05, 4.69) is 0 Å². The molecule has 0 unspecified atom stereocenters. The summed E-state index contributed by atoms with van der Waals surface area (Å²) >= 11 is 0. The van der Waals surface area contributed by atoms with Crippen LogP contribution < -0.4 is 5.73 Å². The Morgan fingerprint density at radius 3 is 2.11 bits per heavy atom. The smallest absolute Gasteiger partial charge is 0.416 e. The van der Waals surface area contributed by atoms with E-state index in [1.54, 1.807) is 0 Å². The van der Waals surface area contributed by atoms with E-state index in [-0.39, 0.29) is 12.4 Å². The summed E-state index contributed by atoms with van der Waals surface area (Å²) < 4.78 is 63.3. The Balaban J connectivity index is 0.00000324. The lowest BCUT2D eigenvalue weighted by Crippen LogP contribution is -2.36. The average Bonchev–Trinajstić information content (AvgIpc) is 2.27. The predicted octanol–water partition coefficient (Wildman–Crippen LogP) is 2.46. The van der Waals surface area contributed by atoms with Crippen LogP contribution in [0.4, 0.5) is 22.0 Å². The first kappa shape index (κ1) is 17.9. The van der Waals surface area contributed by atoms with Gasteiger partial charge in [0.2, 0.25) is 0 Å². The molecule has 0 aliphatic heterocycles. The first-order valence-electron chi connectivity index (χ1n) is 4.74. The molecule has 0 aliphatic rings. The van der Waals surface area contributed by atoms with Crippen molar-refractivity contribution < 1.29 is 32.2 Å². The lowest BCUT2D eigenvalue weighted by atomic mass is 9.98. The molecule has 0 spiro atoms. The molecule has 0 fully saturated rings. The lowest BCUT2D eigenvalue weighted by molar-refractivity contribution is -0.137. The minimum atomic E-state index is -4.74. The Morgan fingerprint density at radius 1 is 1.16 bits per heavy atom. The van der Waals surface area contributed by atoms with Crippen molar-refractivity contribution in [1.82, 2.24) is 0 Å². The summed E-state index contributed by atoms with van der Waals surface area (Å²) in [4.78, 5) is 0. The van der Waals surface area contributed by atoms with Gasteiger partial charge in [-0.3, -0.25) is 0 Å². The summed E-state index contributed by atoms with van der Waals surface area (Å²) in [6.07, 6.45) is -4.74. The first-order valence-corrected chi connectivity index (χ1v) is 4.74. The van der Waals surface area contributed by atoms with Crippen LogP contribution in [0, 0.1) is 0 Å².